The SMILES string of the molecule is Cc1ccc(CSCCNC(=O)c2cccc(N(C)S(C)(=O)=O)c2C)cc1. The highest BCUT2D eigenvalue weighted by Gasteiger charge is 2.18. The summed E-state index contributed by atoms with van der Waals surface area (Å²) in [5, 5.41) is 2.91. The van der Waals surface area contributed by atoms with Gasteiger partial charge in [-0.3, -0.25) is 9.10 Å². The van der Waals surface area contributed by atoms with Crippen molar-refractivity contribution in [1.82, 2.24) is 5.32 Å². The number of hydrogen-bond acceptors (Lipinski definition) is 4. The molecule has 1 amide bonds. The Morgan fingerprint density at radius 3 is 2.41 bits per heavy atom. The van der Waals surface area contributed by atoms with Crippen LogP contribution in [0.25, 0.3) is 0 Å². The predicted octanol–water partition coefficient (Wildman–Crippen LogP) is 3.36. The van der Waals surface area contributed by atoms with Crippen LogP contribution in [0, 0.1) is 13.8 Å². The minimum Gasteiger partial charge on any atom is -0.351 e. The highest BCUT2D eigenvalue weighted by molar-refractivity contribution is 7.98. The third kappa shape index (κ3) is 6.01. The van der Waals surface area contributed by atoms with Gasteiger partial charge >= 0.3 is 0 Å². The second kappa shape index (κ2) is 9.28. The quantitative estimate of drug-likeness (QED) is 0.683. The fourth-order valence-corrected chi connectivity index (χ4v) is 3.97. The first kappa shape index (κ1) is 21.3. The monoisotopic (exact) mass is 406 g/mol. The fourth-order valence-electron chi connectivity index (χ4n) is 2.60. The zero-order valence-corrected chi connectivity index (χ0v) is 17.8. The third-order valence-electron chi connectivity index (χ3n) is 4.31. The van der Waals surface area contributed by atoms with Gasteiger partial charge in [-0.05, 0) is 37.1 Å². The maximum atomic E-state index is 12.5. The van der Waals surface area contributed by atoms with Gasteiger partial charge in [0.05, 0.1) is 11.9 Å². The lowest BCUT2D eigenvalue weighted by Crippen LogP contribution is -2.29. The van der Waals surface area contributed by atoms with E-state index in [4.69, 9.17) is 0 Å². The third-order valence-corrected chi connectivity index (χ3v) is 6.53. The van der Waals surface area contributed by atoms with E-state index in [1.165, 1.54) is 22.5 Å². The van der Waals surface area contributed by atoms with Crippen LogP contribution in [0.5, 0.6) is 0 Å². The lowest BCUT2D eigenvalue weighted by atomic mass is 10.1. The molecule has 0 atom stereocenters. The molecule has 0 spiro atoms. The number of carbonyl (C=O) groups is 1. The molecule has 2 rings (SSSR count). The van der Waals surface area contributed by atoms with Crippen LogP contribution in [0.3, 0.4) is 0 Å². The van der Waals surface area contributed by atoms with Crippen LogP contribution in [-0.2, 0) is 15.8 Å². The van der Waals surface area contributed by atoms with Crippen molar-refractivity contribution in [2.75, 3.05) is 29.9 Å². The summed E-state index contributed by atoms with van der Waals surface area (Å²) in [5.41, 5.74) is 4.17. The second-order valence-electron chi connectivity index (χ2n) is 6.47. The Kier molecular flexibility index (Phi) is 7.33. The van der Waals surface area contributed by atoms with Crippen LogP contribution < -0.4 is 9.62 Å². The molecular weight excluding hydrogens is 380 g/mol. The second-order valence-corrected chi connectivity index (χ2v) is 9.59. The Balaban J connectivity index is 1.89. The Labute approximate surface area is 166 Å². The standard InChI is InChI=1S/C20H26N2O3S2/c1-15-8-10-17(11-9-15)14-26-13-12-21-20(23)18-6-5-7-19(16(18)2)22(3)27(4,24)25/h5-11H,12-14H2,1-4H3,(H,21,23). The largest absolute Gasteiger partial charge is 0.351 e. The number of rotatable bonds is 8. The highest BCUT2D eigenvalue weighted by atomic mass is 32.2. The Morgan fingerprint density at radius 2 is 1.78 bits per heavy atom. The van der Waals surface area contributed by atoms with E-state index >= 15 is 0 Å². The van der Waals surface area contributed by atoms with E-state index in [2.05, 4.69) is 36.5 Å². The van der Waals surface area contributed by atoms with Gasteiger partial charge in [0.25, 0.3) is 5.91 Å². The molecule has 0 saturated carbocycles. The zero-order valence-electron chi connectivity index (χ0n) is 16.2. The van der Waals surface area contributed by atoms with Crippen LogP contribution in [0.15, 0.2) is 42.5 Å². The van der Waals surface area contributed by atoms with Crippen LogP contribution in [-0.4, -0.2) is 39.9 Å². The first-order chi connectivity index (χ1) is 12.7. The van der Waals surface area contributed by atoms with E-state index in [-0.39, 0.29) is 5.91 Å². The lowest BCUT2D eigenvalue weighted by Gasteiger charge is -2.20. The molecular formula is C20H26N2O3S2. The summed E-state index contributed by atoms with van der Waals surface area (Å²) in [4.78, 5) is 12.5. The molecule has 2 aromatic rings. The molecule has 0 aliphatic heterocycles. The van der Waals surface area contributed by atoms with Crippen LogP contribution in [0.4, 0.5) is 5.69 Å². The van der Waals surface area contributed by atoms with Crippen LogP contribution >= 0.6 is 11.8 Å². The van der Waals surface area contributed by atoms with E-state index in [1.807, 2.05) is 0 Å². The first-order valence-electron chi connectivity index (χ1n) is 8.65. The summed E-state index contributed by atoms with van der Waals surface area (Å²) in [7, 11) is -1.89. The number of aryl methyl sites for hydroxylation is 1. The topological polar surface area (TPSA) is 66.5 Å². The summed E-state index contributed by atoms with van der Waals surface area (Å²) >= 11 is 1.76. The predicted molar refractivity (Wildman–Crippen MR) is 114 cm³/mol. The molecule has 0 bridgehead atoms. The molecule has 5 nitrogen and oxygen atoms in total. The van der Waals surface area contributed by atoms with Gasteiger partial charge in [-0.25, -0.2) is 8.42 Å². The summed E-state index contributed by atoms with van der Waals surface area (Å²) in [6.07, 6.45) is 1.14. The number of carbonyl (C=O) groups excluding carboxylic acids is 1. The van der Waals surface area contributed by atoms with E-state index < -0.39 is 10.0 Å². The molecule has 0 aliphatic carbocycles. The van der Waals surface area contributed by atoms with Crippen molar-refractivity contribution in [2.45, 2.75) is 19.6 Å². The first-order valence-corrected chi connectivity index (χ1v) is 11.7. The summed E-state index contributed by atoms with van der Waals surface area (Å²) in [5.74, 6) is 1.53. The highest BCUT2D eigenvalue weighted by Crippen LogP contribution is 2.24. The van der Waals surface area contributed by atoms with Gasteiger partial charge in [0.2, 0.25) is 10.0 Å². The molecule has 2 aromatic carbocycles. The molecule has 146 valence electrons. The minimum atomic E-state index is -3.38. The van der Waals surface area contributed by atoms with Gasteiger partial charge in [0.15, 0.2) is 0 Å². The van der Waals surface area contributed by atoms with Crippen molar-refractivity contribution in [3.05, 3.63) is 64.7 Å². The van der Waals surface area contributed by atoms with E-state index in [0.717, 1.165) is 17.8 Å². The van der Waals surface area contributed by atoms with Gasteiger partial charge in [0, 0.05) is 30.7 Å². The normalized spacial score (nSPS) is 11.3. The van der Waals surface area contributed by atoms with Crippen molar-refractivity contribution in [3.8, 4) is 0 Å². The smallest absolute Gasteiger partial charge is 0.251 e. The van der Waals surface area contributed by atoms with Crippen molar-refractivity contribution < 1.29 is 13.2 Å². The number of nitrogens with one attached hydrogen (secondary N) is 1. The molecule has 0 radical (unpaired) electrons. The van der Waals surface area contributed by atoms with Crippen molar-refractivity contribution in [1.29, 1.82) is 0 Å². The van der Waals surface area contributed by atoms with Gasteiger partial charge in [0.1, 0.15) is 0 Å². The number of benzene rings is 2. The molecule has 0 aliphatic rings. The maximum absolute atomic E-state index is 12.5. The molecule has 0 heterocycles. The van der Waals surface area contributed by atoms with Gasteiger partial charge in [-0.2, -0.15) is 11.8 Å². The van der Waals surface area contributed by atoms with E-state index in [0.29, 0.717) is 23.4 Å². The number of nitrogens with zero attached hydrogens (tertiary/aromatic N) is 1. The minimum absolute atomic E-state index is 0.188. The van der Waals surface area contributed by atoms with Crippen molar-refractivity contribution >= 4 is 33.4 Å². The molecule has 7 heteroatoms. The van der Waals surface area contributed by atoms with Crippen LogP contribution in [0.2, 0.25) is 0 Å². The Hall–Kier alpha value is -1.99. The Bertz CT molecular complexity index is 894. The number of amides is 1. The molecule has 0 unspecified atom stereocenters. The summed E-state index contributed by atoms with van der Waals surface area (Å²) in [6.45, 7) is 4.39. The molecule has 0 fully saturated rings. The molecule has 0 saturated heterocycles. The molecule has 27 heavy (non-hydrogen) atoms. The maximum Gasteiger partial charge on any atom is 0.251 e. The number of sulfonamides is 1. The fraction of sp³-hybridized carbons (Fsp3) is 0.350. The van der Waals surface area contributed by atoms with Gasteiger partial charge in [-0.1, -0.05) is 35.9 Å². The van der Waals surface area contributed by atoms with Gasteiger partial charge in [-0.15, -0.1) is 0 Å². The zero-order chi connectivity index (χ0) is 20.0. The number of thioether (sulfide) groups is 1. The average molecular weight is 407 g/mol. The van der Waals surface area contributed by atoms with Gasteiger partial charge < -0.3 is 5.32 Å². The van der Waals surface area contributed by atoms with Crippen molar-refractivity contribution in [2.24, 2.45) is 0 Å². The van der Waals surface area contributed by atoms with E-state index in [1.54, 1.807) is 36.9 Å². The van der Waals surface area contributed by atoms with E-state index in [9.17, 15) is 13.2 Å². The Morgan fingerprint density at radius 1 is 1.11 bits per heavy atom. The summed E-state index contributed by atoms with van der Waals surface area (Å²) < 4.78 is 24.7. The number of hydrogen-bond donors (Lipinski definition) is 1. The number of anilines is 1. The molecule has 1 N–H and O–H groups in total. The molecule has 0 aromatic heterocycles. The average Bonchev–Trinajstić information content (AvgIpc) is 2.61. The van der Waals surface area contributed by atoms with Crippen molar-refractivity contribution in [3.63, 3.8) is 0 Å². The van der Waals surface area contributed by atoms with Crippen LogP contribution in [0.1, 0.15) is 27.0 Å². The summed E-state index contributed by atoms with van der Waals surface area (Å²) in [6, 6.07) is 13.5. The lowest BCUT2D eigenvalue weighted by molar-refractivity contribution is 0.0955.